The van der Waals surface area contributed by atoms with Gasteiger partial charge in [-0.2, -0.15) is 0 Å². The van der Waals surface area contributed by atoms with E-state index in [4.69, 9.17) is 0 Å². The second-order valence-electron chi connectivity index (χ2n) is 4.56. The number of nitrogens with zero attached hydrogens (tertiary/aromatic N) is 2. The summed E-state index contributed by atoms with van der Waals surface area (Å²) in [5.41, 5.74) is 2.00. The normalized spacial score (nSPS) is 19.3. The third-order valence-corrected chi connectivity index (χ3v) is 4.13. The van der Waals surface area contributed by atoms with E-state index in [1.807, 2.05) is 29.7 Å². The first kappa shape index (κ1) is 11.0. The van der Waals surface area contributed by atoms with E-state index in [1.165, 1.54) is 0 Å². The van der Waals surface area contributed by atoms with Gasteiger partial charge in [0.15, 0.2) is 0 Å². The van der Waals surface area contributed by atoms with Crippen molar-refractivity contribution in [3.05, 3.63) is 39.9 Å². The minimum absolute atomic E-state index is 0.0952. The molecule has 0 unspecified atom stereocenters. The van der Waals surface area contributed by atoms with E-state index >= 15 is 0 Å². The average molecular weight is 293 g/mol. The third-order valence-electron chi connectivity index (χ3n) is 3.26. The molecule has 1 atom stereocenters. The van der Waals surface area contributed by atoms with Crippen LogP contribution in [0.5, 0.6) is 0 Å². The van der Waals surface area contributed by atoms with Gasteiger partial charge in [0, 0.05) is 6.54 Å². The number of alkyl halides is 1. The molecular weight excluding hydrogens is 280 g/mol. The molecule has 0 saturated heterocycles. The number of benzene rings is 1. The summed E-state index contributed by atoms with van der Waals surface area (Å²) in [5.74, 6) is 0.873. The molecule has 2 heterocycles. The summed E-state index contributed by atoms with van der Waals surface area (Å²) in [4.78, 5) is 17.2. The summed E-state index contributed by atoms with van der Waals surface area (Å²) < 4.78 is 1.81. The van der Waals surface area contributed by atoms with Crippen molar-refractivity contribution in [2.45, 2.75) is 31.1 Å². The van der Waals surface area contributed by atoms with Crippen molar-refractivity contribution in [3.63, 3.8) is 0 Å². The van der Waals surface area contributed by atoms with Crippen molar-refractivity contribution < 1.29 is 0 Å². The molecule has 1 aromatic carbocycles. The van der Waals surface area contributed by atoms with Crippen LogP contribution in [-0.4, -0.2) is 9.55 Å². The topological polar surface area (TPSA) is 34.9 Å². The molecule has 0 spiro atoms. The van der Waals surface area contributed by atoms with Crippen LogP contribution in [0.1, 0.15) is 29.1 Å². The van der Waals surface area contributed by atoms with Crippen LogP contribution >= 0.6 is 15.9 Å². The summed E-state index contributed by atoms with van der Waals surface area (Å²) in [7, 11) is 0. The van der Waals surface area contributed by atoms with Crippen molar-refractivity contribution >= 4 is 26.8 Å². The summed E-state index contributed by atoms with van der Waals surface area (Å²) in [5, 5.41) is 0.732. The van der Waals surface area contributed by atoms with Crippen molar-refractivity contribution in [3.8, 4) is 0 Å². The molecule has 3 nitrogen and oxygen atoms in total. The molecule has 0 N–H and O–H groups in total. The van der Waals surface area contributed by atoms with Crippen molar-refractivity contribution in [1.29, 1.82) is 0 Å². The lowest BCUT2D eigenvalue weighted by Crippen LogP contribution is -2.29. The number of aryl methyl sites for hydroxylation is 1. The Hall–Kier alpha value is -1.16. The first-order chi connectivity index (χ1) is 8.16. The van der Waals surface area contributed by atoms with Gasteiger partial charge in [-0.1, -0.05) is 27.6 Å². The molecule has 3 rings (SSSR count). The number of fused-ring (bicyclic) bond motifs is 2. The highest BCUT2D eigenvalue weighted by atomic mass is 79.9. The fourth-order valence-electron chi connectivity index (χ4n) is 2.36. The van der Waals surface area contributed by atoms with E-state index in [9.17, 15) is 4.79 Å². The Morgan fingerprint density at radius 2 is 2.29 bits per heavy atom. The Balaban J connectivity index is 2.39. The largest absolute Gasteiger partial charge is 0.295 e. The van der Waals surface area contributed by atoms with Gasteiger partial charge in [-0.05, 0) is 31.9 Å². The van der Waals surface area contributed by atoms with Crippen LogP contribution in [0.3, 0.4) is 0 Å². The first-order valence-electron chi connectivity index (χ1n) is 5.82. The molecule has 88 valence electrons. The monoisotopic (exact) mass is 292 g/mol. The lowest BCUT2D eigenvalue weighted by atomic mass is 10.1. The van der Waals surface area contributed by atoms with Gasteiger partial charge in [-0.3, -0.25) is 9.36 Å². The Morgan fingerprint density at radius 3 is 3.12 bits per heavy atom. The molecule has 0 saturated carbocycles. The molecule has 0 bridgehead atoms. The number of aromatic nitrogens is 2. The lowest BCUT2D eigenvalue weighted by molar-refractivity contribution is 0.498. The van der Waals surface area contributed by atoms with Crippen LogP contribution in [0.15, 0.2) is 23.0 Å². The summed E-state index contributed by atoms with van der Waals surface area (Å²) in [6, 6.07) is 5.86. The second-order valence-corrected chi connectivity index (χ2v) is 5.66. The summed E-state index contributed by atoms with van der Waals surface area (Å²) >= 11 is 3.60. The van der Waals surface area contributed by atoms with E-state index < -0.39 is 0 Å². The zero-order valence-electron chi connectivity index (χ0n) is 9.61. The van der Waals surface area contributed by atoms with Gasteiger partial charge in [-0.15, -0.1) is 0 Å². The quantitative estimate of drug-likeness (QED) is 0.700. The Labute approximate surface area is 108 Å². The number of halogens is 1. The molecule has 2 aromatic rings. The van der Waals surface area contributed by atoms with Gasteiger partial charge < -0.3 is 0 Å². The minimum Gasteiger partial charge on any atom is -0.295 e. The third kappa shape index (κ3) is 1.71. The highest BCUT2D eigenvalue weighted by molar-refractivity contribution is 9.09. The molecule has 1 aromatic heterocycles. The van der Waals surface area contributed by atoms with Gasteiger partial charge >= 0.3 is 0 Å². The molecule has 0 radical (unpaired) electrons. The van der Waals surface area contributed by atoms with Crippen LogP contribution < -0.4 is 5.56 Å². The molecule has 0 amide bonds. The van der Waals surface area contributed by atoms with Gasteiger partial charge in [-0.25, -0.2) is 4.98 Å². The Bertz CT molecular complexity index is 648. The fraction of sp³-hybridized carbons (Fsp3) is 0.385. The standard InChI is InChI=1S/C13H13BrN2O/c1-8-4-5-11-9(7-8)13(17)16-6-2-3-10(14)12(16)15-11/h4-5,7,10H,2-3,6H2,1H3/t10-/m0/s1. The molecule has 1 aliphatic heterocycles. The van der Waals surface area contributed by atoms with Gasteiger partial charge in [0.05, 0.1) is 15.7 Å². The number of rotatable bonds is 0. The zero-order valence-corrected chi connectivity index (χ0v) is 11.2. The molecule has 0 aliphatic carbocycles. The summed E-state index contributed by atoms with van der Waals surface area (Å²) in [6.07, 6.45) is 2.08. The fourth-order valence-corrected chi connectivity index (χ4v) is 3.04. The highest BCUT2D eigenvalue weighted by Gasteiger charge is 2.21. The van der Waals surface area contributed by atoms with Gasteiger partial charge in [0.2, 0.25) is 0 Å². The maximum atomic E-state index is 12.4. The predicted octanol–water partition coefficient (Wildman–Crippen LogP) is 2.93. The second kappa shape index (κ2) is 3.95. The van der Waals surface area contributed by atoms with Crippen molar-refractivity contribution in [2.24, 2.45) is 0 Å². The SMILES string of the molecule is Cc1ccc2nc3n(c(=O)c2c1)CCC[C@@H]3Br. The van der Waals surface area contributed by atoms with Crippen LogP contribution in [0.25, 0.3) is 10.9 Å². The van der Waals surface area contributed by atoms with E-state index in [2.05, 4.69) is 20.9 Å². The lowest BCUT2D eigenvalue weighted by Gasteiger charge is -2.22. The Morgan fingerprint density at radius 1 is 1.47 bits per heavy atom. The van der Waals surface area contributed by atoms with Crippen LogP contribution in [0.4, 0.5) is 0 Å². The van der Waals surface area contributed by atoms with E-state index in [-0.39, 0.29) is 10.4 Å². The van der Waals surface area contributed by atoms with Crippen molar-refractivity contribution in [2.75, 3.05) is 0 Å². The predicted molar refractivity (Wildman–Crippen MR) is 71.6 cm³/mol. The molecular formula is C13H13BrN2O. The van der Waals surface area contributed by atoms with Gasteiger partial charge in [0.25, 0.3) is 5.56 Å². The highest BCUT2D eigenvalue weighted by Crippen LogP contribution is 2.30. The maximum Gasteiger partial charge on any atom is 0.261 e. The molecule has 4 heteroatoms. The summed E-state index contributed by atoms with van der Waals surface area (Å²) in [6.45, 7) is 2.78. The van der Waals surface area contributed by atoms with E-state index in [0.717, 1.165) is 41.7 Å². The maximum absolute atomic E-state index is 12.4. The first-order valence-corrected chi connectivity index (χ1v) is 6.73. The van der Waals surface area contributed by atoms with E-state index in [1.54, 1.807) is 0 Å². The smallest absolute Gasteiger partial charge is 0.261 e. The minimum atomic E-state index is 0.0952. The van der Waals surface area contributed by atoms with Crippen LogP contribution in [0.2, 0.25) is 0 Å². The van der Waals surface area contributed by atoms with Crippen LogP contribution in [0, 0.1) is 6.92 Å². The average Bonchev–Trinajstić information content (AvgIpc) is 2.32. The zero-order chi connectivity index (χ0) is 12.0. The van der Waals surface area contributed by atoms with E-state index in [0.29, 0.717) is 0 Å². The van der Waals surface area contributed by atoms with Crippen molar-refractivity contribution in [1.82, 2.24) is 9.55 Å². The number of hydrogen-bond acceptors (Lipinski definition) is 2. The molecule has 0 fully saturated rings. The Kier molecular flexibility index (Phi) is 2.54. The number of hydrogen-bond donors (Lipinski definition) is 0. The molecule has 1 aliphatic rings. The van der Waals surface area contributed by atoms with Gasteiger partial charge in [0.1, 0.15) is 5.82 Å². The van der Waals surface area contributed by atoms with Crippen LogP contribution in [-0.2, 0) is 6.54 Å². The molecule has 17 heavy (non-hydrogen) atoms.